The Morgan fingerprint density at radius 3 is 2.95 bits per heavy atom. The summed E-state index contributed by atoms with van der Waals surface area (Å²) in [5.74, 6) is 0.561. The number of hydrogen-bond acceptors (Lipinski definition) is 4. The third kappa shape index (κ3) is 3.26. The Hall–Kier alpha value is -1.43. The number of thiazole rings is 1. The number of aryl methyl sites for hydroxylation is 1. The SMILES string of the molecule is Cc1csc([C@H]2CCCN(C(=O)CN3CCCC3=O)C2)n1. The van der Waals surface area contributed by atoms with E-state index < -0.39 is 0 Å². The van der Waals surface area contributed by atoms with Crippen molar-refractivity contribution < 1.29 is 9.59 Å². The van der Waals surface area contributed by atoms with E-state index in [1.807, 2.05) is 11.8 Å². The first kappa shape index (κ1) is 14.5. The van der Waals surface area contributed by atoms with E-state index in [-0.39, 0.29) is 18.4 Å². The Labute approximate surface area is 129 Å². The molecule has 5 nitrogen and oxygen atoms in total. The summed E-state index contributed by atoms with van der Waals surface area (Å²) in [4.78, 5) is 32.2. The second-order valence-electron chi connectivity index (χ2n) is 5.92. The number of nitrogens with zero attached hydrogens (tertiary/aromatic N) is 3. The molecule has 0 aliphatic carbocycles. The Bertz CT molecular complexity index is 543. The summed E-state index contributed by atoms with van der Waals surface area (Å²) in [6, 6.07) is 0. The van der Waals surface area contributed by atoms with Gasteiger partial charge in [0.1, 0.15) is 0 Å². The van der Waals surface area contributed by atoms with Crippen molar-refractivity contribution in [1.82, 2.24) is 14.8 Å². The van der Waals surface area contributed by atoms with Crippen LogP contribution in [0.4, 0.5) is 0 Å². The van der Waals surface area contributed by atoms with Gasteiger partial charge in [0.05, 0.1) is 11.6 Å². The molecular formula is C15H21N3O2S. The smallest absolute Gasteiger partial charge is 0.242 e. The van der Waals surface area contributed by atoms with Crippen LogP contribution in [0.5, 0.6) is 0 Å². The van der Waals surface area contributed by atoms with Crippen LogP contribution in [0.1, 0.15) is 42.3 Å². The molecule has 3 heterocycles. The zero-order valence-corrected chi connectivity index (χ0v) is 13.2. The molecule has 2 amide bonds. The molecule has 2 fully saturated rings. The minimum atomic E-state index is 0.0863. The van der Waals surface area contributed by atoms with Crippen LogP contribution in [0.25, 0.3) is 0 Å². The molecule has 1 atom stereocenters. The number of amides is 2. The standard InChI is InChI=1S/C15H21N3O2S/c1-11-10-21-15(16-11)12-4-2-6-17(8-12)14(20)9-18-7-3-5-13(18)19/h10,12H,2-9H2,1H3/t12-/m0/s1. The first-order valence-electron chi connectivity index (χ1n) is 7.61. The fourth-order valence-corrected chi connectivity index (χ4v) is 4.02. The van der Waals surface area contributed by atoms with Gasteiger partial charge in [0.15, 0.2) is 0 Å². The maximum Gasteiger partial charge on any atom is 0.242 e. The van der Waals surface area contributed by atoms with Crippen LogP contribution in [-0.4, -0.2) is 52.8 Å². The van der Waals surface area contributed by atoms with Gasteiger partial charge in [-0.3, -0.25) is 9.59 Å². The van der Waals surface area contributed by atoms with Crippen molar-refractivity contribution in [3.8, 4) is 0 Å². The molecule has 1 aromatic heterocycles. The first-order valence-corrected chi connectivity index (χ1v) is 8.49. The van der Waals surface area contributed by atoms with Gasteiger partial charge in [-0.1, -0.05) is 0 Å². The molecule has 2 aliphatic rings. The van der Waals surface area contributed by atoms with E-state index in [2.05, 4.69) is 10.4 Å². The molecule has 0 aromatic carbocycles. The quantitative estimate of drug-likeness (QED) is 0.855. The van der Waals surface area contributed by atoms with E-state index in [4.69, 9.17) is 0 Å². The topological polar surface area (TPSA) is 53.5 Å². The van der Waals surface area contributed by atoms with Gasteiger partial charge >= 0.3 is 0 Å². The monoisotopic (exact) mass is 307 g/mol. The third-order valence-corrected chi connectivity index (χ3v) is 5.38. The van der Waals surface area contributed by atoms with Crippen molar-refractivity contribution in [3.05, 3.63) is 16.1 Å². The van der Waals surface area contributed by atoms with E-state index in [0.717, 1.165) is 49.6 Å². The van der Waals surface area contributed by atoms with Crippen molar-refractivity contribution in [1.29, 1.82) is 0 Å². The Balaban J connectivity index is 1.60. The maximum absolute atomic E-state index is 12.4. The average molecular weight is 307 g/mol. The van der Waals surface area contributed by atoms with E-state index in [1.165, 1.54) is 0 Å². The van der Waals surface area contributed by atoms with Gasteiger partial charge in [-0.2, -0.15) is 0 Å². The van der Waals surface area contributed by atoms with Crippen molar-refractivity contribution in [2.45, 2.75) is 38.5 Å². The number of aromatic nitrogens is 1. The molecule has 0 N–H and O–H groups in total. The fraction of sp³-hybridized carbons (Fsp3) is 0.667. The van der Waals surface area contributed by atoms with Crippen molar-refractivity contribution in [2.75, 3.05) is 26.2 Å². The van der Waals surface area contributed by atoms with E-state index in [9.17, 15) is 9.59 Å². The number of likely N-dealkylation sites (tertiary alicyclic amines) is 2. The highest BCUT2D eigenvalue weighted by atomic mass is 32.1. The zero-order valence-electron chi connectivity index (χ0n) is 12.4. The summed E-state index contributed by atoms with van der Waals surface area (Å²) in [6.45, 7) is 4.54. The highest BCUT2D eigenvalue weighted by Gasteiger charge is 2.29. The Kier molecular flexibility index (Phi) is 4.24. The van der Waals surface area contributed by atoms with E-state index >= 15 is 0 Å². The second kappa shape index (κ2) is 6.13. The lowest BCUT2D eigenvalue weighted by molar-refractivity contribution is -0.139. The van der Waals surface area contributed by atoms with Crippen LogP contribution in [-0.2, 0) is 9.59 Å². The molecule has 6 heteroatoms. The van der Waals surface area contributed by atoms with Gasteiger partial charge in [0.25, 0.3) is 0 Å². The molecule has 2 aliphatic heterocycles. The van der Waals surface area contributed by atoms with Crippen LogP contribution < -0.4 is 0 Å². The van der Waals surface area contributed by atoms with E-state index in [1.54, 1.807) is 16.2 Å². The molecule has 0 spiro atoms. The summed E-state index contributed by atoms with van der Waals surface area (Å²) in [6.07, 6.45) is 3.59. The maximum atomic E-state index is 12.4. The molecule has 114 valence electrons. The normalized spacial score (nSPS) is 22.9. The minimum absolute atomic E-state index is 0.0863. The van der Waals surface area contributed by atoms with Gasteiger partial charge in [-0.15, -0.1) is 11.3 Å². The van der Waals surface area contributed by atoms with Gasteiger partial charge < -0.3 is 9.80 Å². The average Bonchev–Trinajstić information content (AvgIpc) is 3.08. The van der Waals surface area contributed by atoms with Crippen LogP contribution in [0.3, 0.4) is 0 Å². The molecular weight excluding hydrogens is 286 g/mol. The zero-order chi connectivity index (χ0) is 14.8. The molecule has 1 aromatic rings. The minimum Gasteiger partial charge on any atom is -0.340 e. The Morgan fingerprint density at radius 1 is 1.43 bits per heavy atom. The van der Waals surface area contributed by atoms with Gasteiger partial charge in [-0.25, -0.2) is 4.98 Å². The first-order chi connectivity index (χ1) is 10.1. The number of carbonyl (C=O) groups is 2. The lowest BCUT2D eigenvalue weighted by atomic mass is 9.98. The van der Waals surface area contributed by atoms with E-state index in [0.29, 0.717) is 12.3 Å². The van der Waals surface area contributed by atoms with Gasteiger partial charge in [0, 0.05) is 43.0 Å². The summed E-state index contributed by atoms with van der Waals surface area (Å²) in [5, 5.41) is 3.21. The summed E-state index contributed by atoms with van der Waals surface area (Å²) in [5.41, 5.74) is 1.06. The number of carbonyl (C=O) groups excluding carboxylic acids is 2. The molecule has 2 saturated heterocycles. The lowest BCUT2D eigenvalue weighted by Gasteiger charge is -2.33. The molecule has 21 heavy (non-hydrogen) atoms. The number of rotatable bonds is 3. The van der Waals surface area contributed by atoms with Crippen LogP contribution in [0.15, 0.2) is 5.38 Å². The summed E-state index contributed by atoms with van der Waals surface area (Å²) in [7, 11) is 0. The van der Waals surface area contributed by atoms with Gasteiger partial charge in [0.2, 0.25) is 11.8 Å². The molecule has 0 bridgehead atoms. The highest BCUT2D eigenvalue weighted by molar-refractivity contribution is 7.09. The number of hydrogen-bond donors (Lipinski definition) is 0. The van der Waals surface area contributed by atoms with Crippen LogP contribution in [0.2, 0.25) is 0 Å². The van der Waals surface area contributed by atoms with Crippen LogP contribution >= 0.6 is 11.3 Å². The van der Waals surface area contributed by atoms with Crippen molar-refractivity contribution in [2.24, 2.45) is 0 Å². The fourth-order valence-electron chi connectivity index (χ4n) is 3.10. The summed E-state index contributed by atoms with van der Waals surface area (Å²) >= 11 is 1.69. The largest absolute Gasteiger partial charge is 0.340 e. The highest BCUT2D eigenvalue weighted by Crippen LogP contribution is 2.29. The van der Waals surface area contributed by atoms with Crippen molar-refractivity contribution >= 4 is 23.2 Å². The Morgan fingerprint density at radius 2 is 2.29 bits per heavy atom. The second-order valence-corrected chi connectivity index (χ2v) is 6.81. The molecule has 0 unspecified atom stereocenters. The lowest BCUT2D eigenvalue weighted by Crippen LogP contribution is -2.44. The third-order valence-electron chi connectivity index (χ3n) is 4.26. The predicted octanol–water partition coefficient (Wildman–Crippen LogP) is 1.78. The van der Waals surface area contributed by atoms with Crippen LogP contribution in [0, 0.1) is 6.92 Å². The molecule has 0 saturated carbocycles. The van der Waals surface area contributed by atoms with Gasteiger partial charge in [-0.05, 0) is 26.2 Å². The molecule has 3 rings (SSSR count). The van der Waals surface area contributed by atoms with Crippen molar-refractivity contribution in [3.63, 3.8) is 0 Å². The molecule has 0 radical (unpaired) electrons. The predicted molar refractivity (Wildman–Crippen MR) is 81.2 cm³/mol. The summed E-state index contributed by atoms with van der Waals surface area (Å²) < 4.78 is 0. The number of piperidine rings is 1.